The molecule has 0 fully saturated rings. The molecule has 3 nitrogen and oxygen atoms in total. The summed E-state index contributed by atoms with van der Waals surface area (Å²) in [6.07, 6.45) is 1.11. The van der Waals surface area contributed by atoms with Gasteiger partial charge in [-0.15, -0.1) is 0 Å². The van der Waals surface area contributed by atoms with Gasteiger partial charge in [0.15, 0.2) is 0 Å². The van der Waals surface area contributed by atoms with Gasteiger partial charge in [0.05, 0.1) is 12.2 Å². The van der Waals surface area contributed by atoms with E-state index in [2.05, 4.69) is 48.1 Å². The van der Waals surface area contributed by atoms with E-state index in [4.69, 9.17) is 5.73 Å². The van der Waals surface area contributed by atoms with Crippen LogP contribution in [-0.4, -0.2) is 9.97 Å². The summed E-state index contributed by atoms with van der Waals surface area (Å²) in [6.45, 7) is 6.81. The molecule has 0 saturated carbocycles. The SMILES string of the molecule is Cc1cc(-c2ccc(CC(C)C)cc2)nc(CN)n1. The Labute approximate surface area is 114 Å². The van der Waals surface area contributed by atoms with Gasteiger partial charge in [0.2, 0.25) is 0 Å². The first-order valence-corrected chi connectivity index (χ1v) is 6.72. The number of nitrogens with zero attached hydrogens (tertiary/aromatic N) is 2. The van der Waals surface area contributed by atoms with Crippen molar-refractivity contribution >= 4 is 0 Å². The van der Waals surface area contributed by atoms with Crippen molar-refractivity contribution in [1.82, 2.24) is 9.97 Å². The van der Waals surface area contributed by atoms with Crippen LogP contribution in [0, 0.1) is 12.8 Å². The quantitative estimate of drug-likeness (QED) is 0.913. The Morgan fingerprint density at radius 3 is 2.37 bits per heavy atom. The van der Waals surface area contributed by atoms with Crippen LogP contribution in [0.25, 0.3) is 11.3 Å². The van der Waals surface area contributed by atoms with E-state index in [1.165, 1.54) is 5.56 Å². The van der Waals surface area contributed by atoms with Gasteiger partial charge >= 0.3 is 0 Å². The molecule has 2 N–H and O–H groups in total. The van der Waals surface area contributed by atoms with Crippen molar-refractivity contribution in [2.24, 2.45) is 11.7 Å². The zero-order valence-electron chi connectivity index (χ0n) is 11.9. The van der Waals surface area contributed by atoms with Crippen LogP contribution in [0.4, 0.5) is 0 Å². The van der Waals surface area contributed by atoms with Crippen molar-refractivity contribution in [2.75, 3.05) is 0 Å². The summed E-state index contributed by atoms with van der Waals surface area (Å²) in [7, 11) is 0. The molecule has 0 unspecified atom stereocenters. The first kappa shape index (κ1) is 13.7. The first-order chi connectivity index (χ1) is 9.08. The predicted octanol–water partition coefficient (Wildman–Crippen LogP) is 3.11. The Morgan fingerprint density at radius 2 is 1.79 bits per heavy atom. The number of aromatic nitrogens is 2. The Morgan fingerprint density at radius 1 is 1.11 bits per heavy atom. The van der Waals surface area contributed by atoms with Gasteiger partial charge in [0.1, 0.15) is 5.82 Å². The van der Waals surface area contributed by atoms with Gasteiger partial charge in [-0.1, -0.05) is 38.1 Å². The number of benzene rings is 1. The van der Waals surface area contributed by atoms with Crippen molar-refractivity contribution in [3.63, 3.8) is 0 Å². The van der Waals surface area contributed by atoms with Crippen LogP contribution < -0.4 is 5.73 Å². The number of rotatable bonds is 4. The fourth-order valence-electron chi connectivity index (χ4n) is 2.15. The lowest BCUT2D eigenvalue weighted by molar-refractivity contribution is 0.647. The summed E-state index contributed by atoms with van der Waals surface area (Å²) in [5.41, 5.74) is 10.0. The zero-order chi connectivity index (χ0) is 13.8. The van der Waals surface area contributed by atoms with Crippen LogP contribution in [0.2, 0.25) is 0 Å². The lowest BCUT2D eigenvalue weighted by Gasteiger charge is -2.08. The van der Waals surface area contributed by atoms with Crippen molar-refractivity contribution in [1.29, 1.82) is 0 Å². The molecule has 0 spiro atoms. The zero-order valence-corrected chi connectivity index (χ0v) is 11.9. The van der Waals surface area contributed by atoms with Crippen LogP contribution in [0.15, 0.2) is 30.3 Å². The van der Waals surface area contributed by atoms with E-state index in [1.54, 1.807) is 0 Å². The van der Waals surface area contributed by atoms with Gasteiger partial charge in [0.25, 0.3) is 0 Å². The molecule has 1 heterocycles. The Hall–Kier alpha value is -1.74. The van der Waals surface area contributed by atoms with Crippen molar-refractivity contribution < 1.29 is 0 Å². The highest BCUT2D eigenvalue weighted by atomic mass is 14.9. The summed E-state index contributed by atoms with van der Waals surface area (Å²) >= 11 is 0. The molecule has 2 aromatic rings. The van der Waals surface area contributed by atoms with Gasteiger partial charge in [-0.2, -0.15) is 0 Å². The van der Waals surface area contributed by atoms with E-state index in [-0.39, 0.29) is 0 Å². The minimum atomic E-state index is 0.375. The van der Waals surface area contributed by atoms with E-state index >= 15 is 0 Å². The minimum absolute atomic E-state index is 0.375. The van der Waals surface area contributed by atoms with Crippen molar-refractivity contribution in [2.45, 2.75) is 33.7 Å². The predicted molar refractivity (Wildman–Crippen MR) is 78.6 cm³/mol. The Balaban J connectivity index is 2.29. The Bertz CT molecular complexity index is 544. The van der Waals surface area contributed by atoms with Gasteiger partial charge in [0, 0.05) is 11.3 Å². The van der Waals surface area contributed by atoms with Gasteiger partial charge < -0.3 is 5.73 Å². The molecule has 0 aliphatic rings. The molecule has 2 rings (SSSR count). The summed E-state index contributed by atoms with van der Waals surface area (Å²) in [6, 6.07) is 10.6. The van der Waals surface area contributed by atoms with Crippen LogP contribution >= 0.6 is 0 Å². The first-order valence-electron chi connectivity index (χ1n) is 6.72. The third-order valence-corrected chi connectivity index (χ3v) is 2.98. The molecule has 0 amide bonds. The number of aryl methyl sites for hydroxylation is 1. The van der Waals surface area contributed by atoms with E-state index < -0.39 is 0 Å². The molecule has 0 saturated heterocycles. The van der Waals surface area contributed by atoms with E-state index in [0.29, 0.717) is 18.3 Å². The average Bonchev–Trinajstić information content (AvgIpc) is 2.38. The van der Waals surface area contributed by atoms with Crippen LogP contribution in [0.3, 0.4) is 0 Å². The van der Waals surface area contributed by atoms with Crippen molar-refractivity contribution in [3.05, 3.63) is 47.4 Å². The van der Waals surface area contributed by atoms with Crippen molar-refractivity contribution in [3.8, 4) is 11.3 Å². The molecule has 1 aromatic carbocycles. The lowest BCUT2D eigenvalue weighted by atomic mass is 10.0. The second-order valence-corrected chi connectivity index (χ2v) is 5.31. The number of hydrogen-bond acceptors (Lipinski definition) is 3. The fourth-order valence-corrected chi connectivity index (χ4v) is 2.15. The largest absolute Gasteiger partial charge is 0.324 e. The maximum Gasteiger partial charge on any atom is 0.142 e. The third kappa shape index (κ3) is 3.61. The van der Waals surface area contributed by atoms with Crippen LogP contribution in [-0.2, 0) is 13.0 Å². The molecule has 0 bridgehead atoms. The van der Waals surface area contributed by atoms with E-state index in [9.17, 15) is 0 Å². The molecule has 0 aliphatic heterocycles. The molecule has 0 atom stereocenters. The molecule has 1 aromatic heterocycles. The second-order valence-electron chi connectivity index (χ2n) is 5.31. The smallest absolute Gasteiger partial charge is 0.142 e. The fraction of sp³-hybridized carbons (Fsp3) is 0.375. The molecule has 100 valence electrons. The van der Waals surface area contributed by atoms with E-state index in [1.807, 2.05) is 13.0 Å². The van der Waals surface area contributed by atoms with Gasteiger partial charge in [-0.3, -0.25) is 0 Å². The Kier molecular flexibility index (Phi) is 4.27. The minimum Gasteiger partial charge on any atom is -0.324 e. The second kappa shape index (κ2) is 5.93. The molecular weight excluding hydrogens is 234 g/mol. The number of nitrogens with two attached hydrogens (primary N) is 1. The maximum absolute atomic E-state index is 5.62. The highest BCUT2D eigenvalue weighted by Gasteiger charge is 2.04. The number of hydrogen-bond donors (Lipinski definition) is 1. The van der Waals surface area contributed by atoms with Gasteiger partial charge in [-0.25, -0.2) is 9.97 Å². The highest BCUT2D eigenvalue weighted by Crippen LogP contribution is 2.19. The molecule has 19 heavy (non-hydrogen) atoms. The summed E-state index contributed by atoms with van der Waals surface area (Å²) in [5, 5.41) is 0. The van der Waals surface area contributed by atoms with Gasteiger partial charge in [-0.05, 0) is 30.9 Å². The van der Waals surface area contributed by atoms with Crippen LogP contribution in [0.1, 0.15) is 30.9 Å². The van der Waals surface area contributed by atoms with E-state index in [0.717, 1.165) is 23.4 Å². The standard InChI is InChI=1S/C16H21N3/c1-11(2)8-13-4-6-14(7-5-13)15-9-12(3)18-16(10-17)19-15/h4-7,9,11H,8,10,17H2,1-3H3. The highest BCUT2D eigenvalue weighted by molar-refractivity contribution is 5.59. The summed E-state index contributed by atoms with van der Waals surface area (Å²) in [5.74, 6) is 1.37. The molecule has 0 radical (unpaired) electrons. The lowest BCUT2D eigenvalue weighted by Crippen LogP contribution is -2.05. The third-order valence-electron chi connectivity index (χ3n) is 2.98. The molecular formula is C16H21N3. The average molecular weight is 255 g/mol. The topological polar surface area (TPSA) is 51.8 Å². The summed E-state index contributed by atoms with van der Waals surface area (Å²) in [4.78, 5) is 8.78. The van der Waals surface area contributed by atoms with Crippen LogP contribution in [0.5, 0.6) is 0 Å². The monoisotopic (exact) mass is 255 g/mol. The maximum atomic E-state index is 5.62. The summed E-state index contributed by atoms with van der Waals surface area (Å²) < 4.78 is 0. The molecule has 0 aliphatic carbocycles. The molecule has 3 heteroatoms. The normalized spacial score (nSPS) is 11.0.